The number of benzene rings is 4. The van der Waals surface area contributed by atoms with Gasteiger partial charge in [0.25, 0.3) is 0 Å². The Morgan fingerprint density at radius 1 is 0.724 bits per heavy atom. The summed E-state index contributed by atoms with van der Waals surface area (Å²) in [4.78, 5) is 0. The van der Waals surface area contributed by atoms with E-state index in [-0.39, 0.29) is 0 Å². The molecular weight excluding hydrogens is 356 g/mol. The first-order valence-electron chi connectivity index (χ1n) is 9.75. The van der Waals surface area contributed by atoms with Crippen molar-refractivity contribution >= 4 is 59.8 Å². The van der Waals surface area contributed by atoms with Gasteiger partial charge in [-0.15, -0.1) is 0 Å². The molecule has 4 aromatic carbocycles. The normalized spacial score (nSPS) is 12.7. The molecule has 2 nitrogen and oxygen atoms in total. The third kappa shape index (κ3) is 2.17. The number of hydrogen-bond acceptors (Lipinski definition) is 2. The molecule has 6 aromatic rings. The summed E-state index contributed by atoms with van der Waals surface area (Å²) >= 11 is 0. The topological polar surface area (TPSA) is 26.3 Å². The average molecular weight is 374 g/mol. The predicted molar refractivity (Wildman–Crippen MR) is 122 cm³/mol. The number of allylic oxidation sites excluding steroid dienone is 3. The molecule has 0 unspecified atom stereocenters. The van der Waals surface area contributed by atoms with Crippen LogP contribution in [0.4, 0.5) is 0 Å². The zero-order chi connectivity index (χ0) is 19.5. The Kier molecular flexibility index (Phi) is 3.27. The van der Waals surface area contributed by atoms with Crippen LogP contribution in [0.1, 0.15) is 12.7 Å². The van der Waals surface area contributed by atoms with Gasteiger partial charge in [0.1, 0.15) is 16.9 Å². The molecule has 0 fully saturated rings. The van der Waals surface area contributed by atoms with E-state index in [1.54, 1.807) is 6.26 Å². The Balaban J connectivity index is 1.71. The monoisotopic (exact) mass is 374 g/mol. The van der Waals surface area contributed by atoms with Crippen LogP contribution in [0.2, 0.25) is 0 Å². The lowest BCUT2D eigenvalue weighted by atomic mass is 9.95. The molecule has 0 saturated carbocycles. The van der Waals surface area contributed by atoms with Gasteiger partial charge in [-0.05, 0) is 52.7 Å². The fraction of sp³-hybridized carbons (Fsp3) is 0.0370. The van der Waals surface area contributed by atoms with Crippen molar-refractivity contribution in [3.8, 4) is 0 Å². The van der Waals surface area contributed by atoms with Crippen molar-refractivity contribution in [2.75, 3.05) is 0 Å². The third-order valence-corrected chi connectivity index (χ3v) is 5.90. The van der Waals surface area contributed by atoms with Crippen LogP contribution in [0.25, 0.3) is 59.8 Å². The molecular formula is C27H18O2. The minimum atomic E-state index is 0.851. The van der Waals surface area contributed by atoms with E-state index in [0.717, 1.165) is 44.0 Å². The Hall–Kier alpha value is -3.78. The van der Waals surface area contributed by atoms with Crippen LogP contribution in [0.5, 0.6) is 0 Å². The van der Waals surface area contributed by atoms with Crippen molar-refractivity contribution in [3.05, 3.63) is 91.4 Å². The lowest BCUT2D eigenvalue weighted by Crippen LogP contribution is -1.82. The maximum atomic E-state index is 6.25. The maximum Gasteiger partial charge on any atom is 0.142 e. The molecule has 0 spiro atoms. The van der Waals surface area contributed by atoms with Crippen molar-refractivity contribution in [2.24, 2.45) is 0 Å². The molecule has 0 amide bonds. The zero-order valence-electron chi connectivity index (χ0n) is 16.0. The van der Waals surface area contributed by atoms with E-state index in [4.69, 9.17) is 8.83 Å². The van der Waals surface area contributed by atoms with E-state index in [2.05, 4.69) is 61.2 Å². The van der Waals surface area contributed by atoms with Crippen LogP contribution in [0.15, 0.2) is 94.5 Å². The second-order valence-corrected chi connectivity index (χ2v) is 7.36. The maximum absolute atomic E-state index is 6.25. The highest BCUT2D eigenvalue weighted by molar-refractivity contribution is 6.23. The second kappa shape index (κ2) is 5.86. The minimum Gasteiger partial charge on any atom is -0.464 e. The molecule has 2 aromatic heterocycles. The second-order valence-electron chi connectivity index (χ2n) is 7.36. The van der Waals surface area contributed by atoms with Crippen molar-refractivity contribution in [1.29, 1.82) is 0 Å². The van der Waals surface area contributed by atoms with Gasteiger partial charge in [-0.3, -0.25) is 0 Å². The molecule has 29 heavy (non-hydrogen) atoms. The Bertz CT molecular complexity index is 1620. The highest BCUT2D eigenvalue weighted by Crippen LogP contribution is 2.38. The van der Waals surface area contributed by atoms with Crippen molar-refractivity contribution in [2.45, 2.75) is 6.92 Å². The van der Waals surface area contributed by atoms with E-state index >= 15 is 0 Å². The molecule has 138 valence electrons. The van der Waals surface area contributed by atoms with Gasteiger partial charge in [0.2, 0.25) is 0 Å². The summed E-state index contributed by atoms with van der Waals surface area (Å²) in [5, 5.41) is 9.34. The smallest absolute Gasteiger partial charge is 0.142 e. The van der Waals surface area contributed by atoms with E-state index in [9.17, 15) is 0 Å². The number of rotatable bonds is 2. The van der Waals surface area contributed by atoms with Gasteiger partial charge in [0.05, 0.1) is 6.26 Å². The van der Waals surface area contributed by atoms with Crippen LogP contribution in [-0.4, -0.2) is 0 Å². The Labute approximate surface area is 167 Å². The van der Waals surface area contributed by atoms with Crippen LogP contribution >= 0.6 is 0 Å². The molecule has 0 bridgehead atoms. The van der Waals surface area contributed by atoms with Gasteiger partial charge < -0.3 is 8.83 Å². The van der Waals surface area contributed by atoms with Gasteiger partial charge in [-0.2, -0.15) is 0 Å². The summed E-state index contributed by atoms with van der Waals surface area (Å²) in [6.45, 7) is 5.89. The van der Waals surface area contributed by atoms with Gasteiger partial charge in [-0.25, -0.2) is 0 Å². The highest BCUT2D eigenvalue weighted by atomic mass is 16.3. The number of hydrogen-bond donors (Lipinski definition) is 0. The molecule has 0 aliphatic rings. The van der Waals surface area contributed by atoms with E-state index in [1.165, 1.54) is 21.5 Å². The minimum absolute atomic E-state index is 0.851. The molecule has 0 saturated heterocycles. The molecule has 0 radical (unpaired) electrons. The molecule has 6 rings (SSSR count). The molecule has 0 N–H and O–H groups in total. The lowest BCUT2D eigenvalue weighted by Gasteiger charge is -2.08. The fourth-order valence-electron chi connectivity index (χ4n) is 4.47. The molecule has 2 heterocycles. The first-order valence-corrected chi connectivity index (χ1v) is 9.75. The van der Waals surface area contributed by atoms with Crippen LogP contribution in [-0.2, 0) is 0 Å². The molecule has 0 aliphatic heterocycles. The van der Waals surface area contributed by atoms with E-state index in [1.807, 2.05) is 25.1 Å². The van der Waals surface area contributed by atoms with Crippen LogP contribution in [0, 0.1) is 0 Å². The van der Waals surface area contributed by atoms with Crippen molar-refractivity contribution in [1.82, 2.24) is 0 Å². The quantitative estimate of drug-likeness (QED) is 0.225. The standard InChI is InChI=1S/C27H18O2/c1-3-16(4-2)25-15-18-6-8-22-20-9-11-23-21(7-5-17-13-14-28-26(17)23)19(20)10-12-24(22)27(18)29-25/h3-15H,1H2,2H3/b16-4+. The number of fused-ring (bicyclic) bond motifs is 9. The SMILES string of the molecule is C=C/C(=C\C)c1cc2ccc3c4ccc5c(ccc6ccoc65)c4ccc3c2o1. The van der Waals surface area contributed by atoms with Gasteiger partial charge in [0.15, 0.2) is 0 Å². The summed E-state index contributed by atoms with van der Waals surface area (Å²) in [7, 11) is 0. The fourth-order valence-corrected chi connectivity index (χ4v) is 4.47. The Morgan fingerprint density at radius 2 is 1.31 bits per heavy atom. The van der Waals surface area contributed by atoms with Crippen molar-refractivity contribution < 1.29 is 8.83 Å². The summed E-state index contributed by atoms with van der Waals surface area (Å²) in [6.07, 6.45) is 5.60. The average Bonchev–Trinajstić information content (AvgIpc) is 3.40. The summed E-state index contributed by atoms with van der Waals surface area (Å²) in [5.74, 6) is 0.851. The summed E-state index contributed by atoms with van der Waals surface area (Å²) in [5.41, 5.74) is 2.87. The summed E-state index contributed by atoms with van der Waals surface area (Å²) in [6, 6.07) is 21.5. The Morgan fingerprint density at radius 3 is 2.00 bits per heavy atom. The third-order valence-electron chi connectivity index (χ3n) is 5.90. The highest BCUT2D eigenvalue weighted by Gasteiger charge is 2.13. The lowest BCUT2D eigenvalue weighted by molar-refractivity contribution is 0.604. The van der Waals surface area contributed by atoms with Gasteiger partial charge in [0, 0.05) is 27.1 Å². The van der Waals surface area contributed by atoms with Crippen molar-refractivity contribution in [3.63, 3.8) is 0 Å². The molecule has 0 aliphatic carbocycles. The van der Waals surface area contributed by atoms with E-state index < -0.39 is 0 Å². The first-order chi connectivity index (χ1) is 14.3. The van der Waals surface area contributed by atoms with Crippen LogP contribution in [0.3, 0.4) is 0 Å². The number of furan rings is 2. The summed E-state index contributed by atoms with van der Waals surface area (Å²) < 4.78 is 12.0. The predicted octanol–water partition coefficient (Wildman–Crippen LogP) is 8.23. The molecule has 2 heteroatoms. The molecule has 0 atom stereocenters. The van der Waals surface area contributed by atoms with Crippen LogP contribution < -0.4 is 0 Å². The van der Waals surface area contributed by atoms with Gasteiger partial charge >= 0.3 is 0 Å². The first kappa shape index (κ1) is 16.2. The van der Waals surface area contributed by atoms with E-state index in [0.29, 0.717) is 0 Å². The zero-order valence-corrected chi connectivity index (χ0v) is 16.0. The van der Waals surface area contributed by atoms with Gasteiger partial charge in [-0.1, -0.05) is 55.1 Å². The largest absolute Gasteiger partial charge is 0.464 e.